The van der Waals surface area contributed by atoms with Crippen LogP contribution in [-0.2, 0) is 10.0 Å². The Kier molecular flexibility index (Phi) is 4.21. The minimum Gasteiger partial charge on any atom is -0.282 e. The van der Waals surface area contributed by atoms with Crippen LogP contribution in [0.4, 0.5) is 5.69 Å². The third-order valence-corrected chi connectivity index (χ3v) is 5.74. The van der Waals surface area contributed by atoms with E-state index in [1.54, 1.807) is 42.5 Å². The number of benzene rings is 2. The molecule has 2 heterocycles. The molecule has 2 aromatic heterocycles. The van der Waals surface area contributed by atoms with E-state index in [2.05, 4.69) is 30.8 Å². The van der Waals surface area contributed by atoms with Crippen LogP contribution in [0.2, 0.25) is 0 Å². The summed E-state index contributed by atoms with van der Waals surface area (Å²) < 4.78 is 30.4. The highest BCUT2D eigenvalue weighted by Gasteiger charge is 2.15. The summed E-state index contributed by atoms with van der Waals surface area (Å²) in [5.74, 6) is 0.644. The van der Waals surface area contributed by atoms with Gasteiger partial charge in [-0.15, -0.1) is 10.2 Å². The summed E-state index contributed by atoms with van der Waals surface area (Å²) in [4.78, 5) is 0.194. The number of nitrogens with zero attached hydrogens (tertiary/aromatic N) is 3. The van der Waals surface area contributed by atoms with Crippen molar-refractivity contribution in [3.05, 3.63) is 77.4 Å². The molecule has 2 aromatic carbocycles. The van der Waals surface area contributed by atoms with Gasteiger partial charge in [-0.05, 0) is 48.5 Å². The molecule has 0 aliphatic carbocycles. The van der Waals surface area contributed by atoms with Crippen LogP contribution >= 0.6 is 15.9 Å². The van der Waals surface area contributed by atoms with Crippen LogP contribution in [0, 0.1) is 0 Å². The number of rotatable bonds is 4. The first-order valence-corrected chi connectivity index (χ1v) is 9.99. The molecule has 0 unspecified atom stereocenters. The van der Waals surface area contributed by atoms with Crippen molar-refractivity contribution in [1.82, 2.24) is 14.6 Å². The van der Waals surface area contributed by atoms with E-state index in [4.69, 9.17) is 0 Å². The van der Waals surface area contributed by atoms with E-state index in [1.165, 1.54) is 0 Å². The maximum atomic E-state index is 12.6. The number of pyridine rings is 1. The van der Waals surface area contributed by atoms with Crippen LogP contribution in [-0.4, -0.2) is 23.0 Å². The van der Waals surface area contributed by atoms with Crippen molar-refractivity contribution < 1.29 is 8.42 Å². The summed E-state index contributed by atoms with van der Waals surface area (Å²) in [6.07, 6.45) is 1.86. The van der Waals surface area contributed by atoms with Crippen LogP contribution in [0.5, 0.6) is 0 Å². The van der Waals surface area contributed by atoms with E-state index in [-0.39, 0.29) is 4.90 Å². The van der Waals surface area contributed by atoms with E-state index in [9.17, 15) is 8.42 Å². The molecule has 0 saturated heterocycles. The van der Waals surface area contributed by atoms with Gasteiger partial charge in [0.05, 0.1) is 4.90 Å². The molecule has 0 bridgehead atoms. The van der Waals surface area contributed by atoms with E-state index >= 15 is 0 Å². The summed E-state index contributed by atoms with van der Waals surface area (Å²) in [6.45, 7) is 0. The molecular formula is C18H13BrN4O2S. The zero-order valence-corrected chi connectivity index (χ0v) is 15.8. The van der Waals surface area contributed by atoms with Crippen molar-refractivity contribution in [1.29, 1.82) is 0 Å². The fourth-order valence-electron chi connectivity index (χ4n) is 2.59. The zero-order chi connectivity index (χ0) is 18.1. The molecule has 6 nitrogen and oxygen atoms in total. The molecule has 0 aliphatic heterocycles. The second-order valence-electron chi connectivity index (χ2n) is 5.59. The van der Waals surface area contributed by atoms with Gasteiger partial charge in [-0.2, -0.15) is 0 Å². The van der Waals surface area contributed by atoms with Gasteiger partial charge in [0.25, 0.3) is 10.0 Å². The van der Waals surface area contributed by atoms with Crippen molar-refractivity contribution >= 4 is 37.3 Å². The lowest BCUT2D eigenvalue weighted by Crippen LogP contribution is -2.12. The van der Waals surface area contributed by atoms with E-state index in [0.29, 0.717) is 11.5 Å². The van der Waals surface area contributed by atoms with Gasteiger partial charge in [-0.3, -0.25) is 9.12 Å². The average Bonchev–Trinajstić information content (AvgIpc) is 3.06. The lowest BCUT2D eigenvalue weighted by atomic mass is 10.2. The molecule has 26 heavy (non-hydrogen) atoms. The topological polar surface area (TPSA) is 76.4 Å². The lowest BCUT2D eigenvalue weighted by Gasteiger charge is -2.09. The number of aromatic nitrogens is 3. The number of anilines is 1. The molecule has 0 spiro atoms. The Hall–Kier alpha value is -2.71. The summed E-state index contributed by atoms with van der Waals surface area (Å²) in [6, 6.07) is 19.2. The highest BCUT2D eigenvalue weighted by Crippen LogP contribution is 2.24. The Morgan fingerprint density at radius 3 is 2.54 bits per heavy atom. The summed E-state index contributed by atoms with van der Waals surface area (Å²) in [5.41, 5.74) is 1.95. The van der Waals surface area contributed by atoms with Crippen LogP contribution in [0.25, 0.3) is 17.0 Å². The maximum absolute atomic E-state index is 12.6. The predicted molar refractivity (Wildman–Crippen MR) is 103 cm³/mol. The van der Waals surface area contributed by atoms with Crippen molar-refractivity contribution in [2.75, 3.05) is 4.72 Å². The number of hydrogen-bond donors (Lipinski definition) is 1. The van der Waals surface area contributed by atoms with Crippen LogP contribution < -0.4 is 4.72 Å². The number of hydrogen-bond acceptors (Lipinski definition) is 4. The zero-order valence-electron chi connectivity index (χ0n) is 13.4. The Balaban J connectivity index is 1.69. The normalized spacial score (nSPS) is 11.6. The first-order valence-electron chi connectivity index (χ1n) is 7.71. The minimum atomic E-state index is -3.67. The molecule has 4 rings (SSSR count). The van der Waals surface area contributed by atoms with Crippen molar-refractivity contribution in [2.24, 2.45) is 0 Å². The largest absolute Gasteiger partial charge is 0.282 e. The molecule has 8 heteroatoms. The number of fused-ring (bicyclic) bond motifs is 1. The monoisotopic (exact) mass is 428 g/mol. The quantitative estimate of drug-likeness (QED) is 0.533. The standard InChI is InChI=1S/C18H13BrN4O2S/c19-14-7-9-16(10-8-14)26(24,25)22-15-5-3-4-13(12-15)18-21-20-17-6-1-2-11-23(17)18/h1-12,22H. The molecule has 0 atom stereocenters. The lowest BCUT2D eigenvalue weighted by molar-refractivity contribution is 0.601. The molecule has 0 aliphatic rings. The minimum absolute atomic E-state index is 0.194. The van der Waals surface area contributed by atoms with Crippen molar-refractivity contribution in [2.45, 2.75) is 4.90 Å². The molecule has 4 aromatic rings. The summed E-state index contributed by atoms with van der Waals surface area (Å²) >= 11 is 3.30. The van der Waals surface area contributed by atoms with E-state index in [1.807, 2.05) is 34.9 Å². The van der Waals surface area contributed by atoms with Gasteiger partial charge in [0.15, 0.2) is 11.5 Å². The fourth-order valence-corrected chi connectivity index (χ4v) is 3.90. The van der Waals surface area contributed by atoms with Crippen molar-refractivity contribution in [3.63, 3.8) is 0 Å². The van der Waals surface area contributed by atoms with Crippen LogP contribution in [0.15, 0.2) is 82.3 Å². The molecule has 0 fully saturated rings. The number of sulfonamides is 1. The van der Waals surface area contributed by atoms with Gasteiger partial charge < -0.3 is 0 Å². The average molecular weight is 429 g/mol. The van der Waals surface area contributed by atoms with Crippen LogP contribution in [0.1, 0.15) is 0 Å². The Bertz CT molecular complexity index is 1190. The van der Waals surface area contributed by atoms with Gasteiger partial charge >= 0.3 is 0 Å². The third-order valence-electron chi connectivity index (χ3n) is 3.81. The van der Waals surface area contributed by atoms with Gasteiger partial charge in [-0.1, -0.05) is 34.1 Å². The first kappa shape index (κ1) is 16.7. The maximum Gasteiger partial charge on any atom is 0.261 e. The Morgan fingerprint density at radius 1 is 0.923 bits per heavy atom. The van der Waals surface area contributed by atoms with E-state index < -0.39 is 10.0 Å². The summed E-state index contributed by atoms with van der Waals surface area (Å²) in [7, 11) is -3.67. The second-order valence-corrected chi connectivity index (χ2v) is 8.19. The van der Waals surface area contributed by atoms with Crippen molar-refractivity contribution in [3.8, 4) is 11.4 Å². The molecule has 130 valence electrons. The predicted octanol–water partition coefficient (Wildman–Crippen LogP) is 3.96. The second kappa shape index (κ2) is 6.54. The fraction of sp³-hybridized carbons (Fsp3) is 0. The van der Waals surface area contributed by atoms with Gasteiger partial charge in [0.1, 0.15) is 0 Å². The summed E-state index contributed by atoms with van der Waals surface area (Å²) in [5, 5.41) is 8.33. The molecular weight excluding hydrogens is 416 g/mol. The smallest absolute Gasteiger partial charge is 0.261 e. The molecule has 0 radical (unpaired) electrons. The third kappa shape index (κ3) is 3.21. The Morgan fingerprint density at radius 2 is 1.73 bits per heavy atom. The van der Waals surface area contributed by atoms with Crippen LogP contribution in [0.3, 0.4) is 0 Å². The van der Waals surface area contributed by atoms with Gasteiger partial charge in [0.2, 0.25) is 0 Å². The number of halogens is 1. The molecule has 0 saturated carbocycles. The van der Waals surface area contributed by atoms with Gasteiger partial charge in [-0.25, -0.2) is 8.42 Å². The SMILES string of the molecule is O=S(=O)(Nc1cccc(-c2nnc3ccccn23)c1)c1ccc(Br)cc1. The van der Waals surface area contributed by atoms with E-state index in [0.717, 1.165) is 15.7 Å². The molecule has 0 amide bonds. The number of nitrogens with one attached hydrogen (secondary N) is 1. The highest BCUT2D eigenvalue weighted by molar-refractivity contribution is 9.10. The van der Waals surface area contributed by atoms with Gasteiger partial charge in [0, 0.05) is 21.9 Å². The first-order chi connectivity index (χ1) is 12.5. The highest BCUT2D eigenvalue weighted by atomic mass is 79.9. The molecule has 1 N–H and O–H groups in total. The Labute approximate surface area is 158 Å².